The zero-order chi connectivity index (χ0) is 23.3. The molecule has 1 aromatic heterocycles. The minimum atomic E-state index is -3.69. The lowest BCUT2D eigenvalue weighted by atomic mass is 9.98. The quantitative estimate of drug-likeness (QED) is 0.498. The number of ether oxygens (including phenoxy) is 1. The molecule has 1 fully saturated rings. The number of aromatic nitrogens is 3. The molecule has 0 bridgehead atoms. The Kier molecular flexibility index (Phi) is 7.54. The third-order valence-corrected chi connectivity index (χ3v) is 7.63. The van der Waals surface area contributed by atoms with E-state index in [1.54, 1.807) is 31.2 Å². The molecule has 3 aromatic rings. The van der Waals surface area contributed by atoms with Gasteiger partial charge in [0.15, 0.2) is 0 Å². The van der Waals surface area contributed by atoms with Crippen LogP contribution in [0, 0.1) is 6.92 Å². The lowest BCUT2D eigenvalue weighted by Crippen LogP contribution is -2.51. The number of hydrogen-bond donors (Lipinski definition) is 2. The fourth-order valence-electron chi connectivity index (χ4n) is 4.21. The van der Waals surface area contributed by atoms with E-state index in [0.29, 0.717) is 31.4 Å². The molecule has 0 amide bonds. The van der Waals surface area contributed by atoms with Crippen LogP contribution in [-0.4, -0.2) is 53.4 Å². The van der Waals surface area contributed by atoms with Crippen LogP contribution in [0.15, 0.2) is 65.7 Å². The molecule has 4 rings (SSSR count). The largest absolute Gasteiger partial charge is 0.394 e. The van der Waals surface area contributed by atoms with Crippen molar-refractivity contribution in [3.63, 3.8) is 0 Å². The monoisotopic (exact) mass is 470 g/mol. The summed E-state index contributed by atoms with van der Waals surface area (Å²) in [5, 5.41) is 18.3. The molecule has 0 radical (unpaired) electrons. The maximum absolute atomic E-state index is 12.8. The van der Waals surface area contributed by atoms with Crippen molar-refractivity contribution in [3.8, 4) is 0 Å². The van der Waals surface area contributed by atoms with Gasteiger partial charge in [0.2, 0.25) is 10.0 Å². The molecule has 0 aliphatic carbocycles. The molecule has 1 aliphatic heterocycles. The number of hydrogen-bond acceptors (Lipinski definition) is 6. The second kappa shape index (κ2) is 10.6. The van der Waals surface area contributed by atoms with E-state index >= 15 is 0 Å². The number of benzene rings is 2. The maximum atomic E-state index is 12.8. The molecule has 0 saturated carbocycles. The number of nitrogens with one attached hydrogen (secondary N) is 1. The third-order valence-electron chi connectivity index (χ3n) is 5.98. The van der Waals surface area contributed by atoms with E-state index in [0.717, 1.165) is 12.1 Å². The van der Waals surface area contributed by atoms with Crippen LogP contribution in [-0.2, 0) is 27.7 Å². The van der Waals surface area contributed by atoms with Gasteiger partial charge in [-0.2, -0.15) is 0 Å². The number of rotatable bonds is 9. The van der Waals surface area contributed by atoms with Crippen molar-refractivity contribution in [1.29, 1.82) is 0 Å². The minimum absolute atomic E-state index is 0.0804. The molecule has 33 heavy (non-hydrogen) atoms. The SMILES string of the molecule is Cc1ccccc1S(=O)(=O)N[C@@H]1CC[C@H](CCn2cc(Cc3ccccc3)nn2)O[C@H]1CO. The van der Waals surface area contributed by atoms with Crippen molar-refractivity contribution in [1.82, 2.24) is 19.7 Å². The predicted octanol–water partition coefficient (Wildman–Crippen LogP) is 2.45. The van der Waals surface area contributed by atoms with Gasteiger partial charge < -0.3 is 9.84 Å². The fourth-order valence-corrected chi connectivity index (χ4v) is 5.75. The zero-order valence-corrected chi connectivity index (χ0v) is 19.5. The first-order valence-electron chi connectivity index (χ1n) is 11.2. The van der Waals surface area contributed by atoms with Crippen molar-refractivity contribution in [2.24, 2.45) is 0 Å². The Bertz CT molecular complexity index is 1150. The maximum Gasteiger partial charge on any atom is 0.241 e. The van der Waals surface area contributed by atoms with Gasteiger partial charge in [-0.25, -0.2) is 13.1 Å². The van der Waals surface area contributed by atoms with Gasteiger partial charge in [0.1, 0.15) is 0 Å². The first-order valence-corrected chi connectivity index (χ1v) is 12.7. The van der Waals surface area contributed by atoms with Gasteiger partial charge in [-0.1, -0.05) is 53.7 Å². The summed E-state index contributed by atoms with van der Waals surface area (Å²) in [6.07, 6.45) is 4.01. The number of aliphatic hydroxyl groups is 1. The Morgan fingerprint density at radius 1 is 1.12 bits per heavy atom. The Hall–Kier alpha value is -2.59. The van der Waals surface area contributed by atoms with E-state index in [-0.39, 0.29) is 17.6 Å². The molecular weight excluding hydrogens is 440 g/mol. The summed E-state index contributed by atoms with van der Waals surface area (Å²) >= 11 is 0. The molecular formula is C24H30N4O4S. The first-order chi connectivity index (χ1) is 15.9. The molecule has 1 aliphatic rings. The van der Waals surface area contributed by atoms with Crippen LogP contribution in [0.3, 0.4) is 0 Å². The smallest absolute Gasteiger partial charge is 0.241 e. The summed E-state index contributed by atoms with van der Waals surface area (Å²) in [4.78, 5) is 0.251. The van der Waals surface area contributed by atoms with Crippen LogP contribution in [0.1, 0.15) is 36.1 Å². The van der Waals surface area contributed by atoms with Crippen LogP contribution in [0.25, 0.3) is 0 Å². The Balaban J connectivity index is 1.30. The lowest BCUT2D eigenvalue weighted by molar-refractivity contribution is -0.0891. The average molecular weight is 471 g/mol. The third kappa shape index (κ3) is 6.05. The number of aryl methyl sites for hydroxylation is 2. The van der Waals surface area contributed by atoms with Gasteiger partial charge in [0.25, 0.3) is 0 Å². The predicted molar refractivity (Wildman–Crippen MR) is 124 cm³/mol. The van der Waals surface area contributed by atoms with Gasteiger partial charge in [0, 0.05) is 19.2 Å². The molecule has 2 aromatic carbocycles. The van der Waals surface area contributed by atoms with Crippen LogP contribution >= 0.6 is 0 Å². The highest BCUT2D eigenvalue weighted by Crippen LogP contribution is 2.24. The van der Waals surface area contributed by atoms with Crippen molar-refractivity contribution >= 4 is 10.0 Å². The van der Waals surface area contributed by atoms with Gasteiger partial charge in [0.05, 0.1) is 35.4 Å². The molecule has 3 atom stereocenters. The van der Waals surface area contributed by atoms with E-state index in [1.807, 2.05) is 29.1 Å². The summed E-state index contributed by atoms with van der Waals surface area (Å²) in [7, 11) is -3.69. The summed E-state index contributed by atoms with van der Waals surface area (Å²) in [5.74, 6) is 0. The van der Waals surface area contributed by atoms with E-state index < -0.39 is 22.2 Å². The Morgan fingerprint density at radius 3 is 2.64 bits per heavy atom. The molecule has 176 valence electrons. The molecule has 2 heterocycles. The van der Waals surface area contributed by atoms with Gasteiger partial charge >= 0.3 is 0 Å². The van der Waals surface area contributed by atoms with Gasteiger partial charge in [-0.05, 0) is 43.4 Å². The summed E-state index contributed by atoms with van der Waals surface area (Å²) in [6, 6.07) is 16.5. The molecule has 2 N–H and O–H groups in total. The topological polar surface area (TPSA) is 106 Å². The van der Waals surface area contributed by atoms with Crippen LogP contribution < -0.4 is 4.72 Å². The van der Waals surface area contributed by atoms with E-state index in [4.69, 9.17) is 4.74 Å². The van der Waals surface area contributed by atoms with Crippen molar-refractivity contribution in [2.75, 3.05) is 6.61 Å². The average Bonchev–Trinajstić information content (AvgIpc) is 3.26. The summed E-state index contributed by atoms with van der Waals surface area (Å²) in [6.45, 7) is 2.16. The Labute approximate surface area is 194 Å². The number of sulfonamides is 1. The minimum Gasteiger partial charge on any atom is -0.394 e. The summed E-state index contributed by atoms with van der Waals surface area (Å²) in [5.41, 5.74) is 2.77. The Morgan fingerprint density at radius 2 is 1.88 bits per heavy atom. The number of aliphatic hydroxyl groups excluding tert-OH is 1. The zero-order valence-electron chi connectivity index (χ0n) is 18.7. The van der Waals surface area contributed by atoms with Crippen LogP contribution in [0.2, 0.25) is 0 Å². The van der Waals surface area contributed by atoms with E-state index in [1.165, 1.54) is 5.56 Å². The highest BCUT2D eigenvalue weighted by molar-refractivity contribution is 7.89. The normalized spacial score (nSPS) is 21.2. The van der Waals surface area contributed by atoms with Crippen LogP contribution in [0.5, 0.6) is 0 Å². The molecule has 0 spiro atoms. The van der Waals surface area contributed by atoms with Crippen LogP contribution in [0.4, 0.5) is 0 Å². The summed E-state index contributed by atoms with van der Waals surface area (Å²) < 4.78 is 36.3. The molecule has 9 heteroatoms. The molecule has 8 nitrogen and oxygen atoms in total. The molecule has 0 unspecified atom stereocenters. The second-order valence-corrected chi connectivity index (χ2v) is 10.2. The fraction of sp³-hybridized carbons (Fsp3) is 0.417. The number of nitrogens with zero attached hydrogens (tertiary/aromatic N) is 3. The van der Waals surface area contributed by atoms with E-state index in [2.05, 4.69) is 27.2 Å². The van der Waals surface area contributed by atoms with E-state index in [9.17, 15) is 13.5 Å². The van der Waals surface area contributed by atoms with Crippen molar-refractivity contribution in [2.45, 2.75) is 62.3 Å². The second-order valence-electron chi connectivity index (χ2n) is 8.47. The van der Waals surface area contributed by atoms with Gasteiger partial charge in [-0.15, -0.1) is 5.10 Å². The molecule has 1 saturated heterocycles. The van der Waals surface area contributed by atoms with Crippen molar-refractivity contribution in [3.05, 3.63) is 77.6 Å². The van der Waals surface area contributed by atoms with Crippen molar-refractivity contribution < 1.29 is 18.3 Å². The standard InChI is InChI=1S/C24H30N4O4S/c1-18-7-5-6-10-24(18)33(30,31)26-22-12-11-21(32-23(22)17-29)13-14-28-16-20(25-27-28)15-19-8-3-2-4-9-19/h2-10,16,21-23,26,29H,11-15,17H2,1H3/t21-,22-,23+/m1/s1. The first kappa shape index (κ1) is 23.6. The highest BCUT2D eigenvalue weighted by atomic mass is 32.2. The lowest BCUT2D eigenvalue weighted by Gasteiger charge is -2.36. The highest BCUT2D eigenvalue weighted by Gasteiger charge is 2.34. The van der Waals surface area contributed by atoms with Gasteiger partial charge in [-0.3, -0.25) is 4.68 Å².